The minimum atomic E-state index is -3.00. The van der Waals surface area contributed by atoms with Gasteiger partial charge in [0.1, 0.15) is 0 Å². The Morgan fingerprint density at radius 1 is 1.41 bits per heavy atom. The Bertz CT molecular complexity index is 329. The molecule has 0 bridgehead atoms. The van der Waals surface area contributed by atoms with E-state index in [0.29, 0.717) is 31.0 Å². The summed E-state index contributed by atoms with van der Waals surface area (Å²) in [5.41, 5.74) is 0. The fourth-order valence-electron chi connectivity index (χ4n) is 2.53. The Hall–Kier alpha value is -0.130. The Kier molecular flexibility index (Phi) is 5.41. The third kappa shape index (κ3) is 4.56. The zero-order valence-corrected chi connectivity index (χ0v) is 12.3. The number of hydrogen-bond acceptors (Lipinski definition) is 3. The van der Waals surface area contributed by atoms with Crippen molar-refractivity contribution in [2.75, 3.05) is 26.4 Å². The number of piperidine rings is 1. The molecule has 1 fully saturated rings. The maximum atomic E-state index is 11.5. The molecule has 0 aromatic heterocycles. The number of sulfonamides is 1. The standard InChI is InChI=1S/C12H26N2O2S/c1-10(11(2)13-3)8-12-6-5-7-14(9-12)17(4,15)16/h10-13H,5-9H2,1-4H3. The molecule has 17 heavy (non-hydrogen) atoms. The fraction of sp³-hybridized carbons (Fsp3) is 1.00. The van der Waals surface area contributed by atoms with Crippen molar-refractivity contribution in [3.8, 4) is 0 Å². The highest BCUT2D eigenvalue weighted by molar-refractivity contribution is 7.88. The molecule has 1 aliphatic rings. The van der Waals surface area contributed by atoms with E-state index in [1.807, 2.05) is 7.05 Å². The molecule has 1 aliphatic heterocycles. The largest absolute Gasteiger partial charge is 0.317 e. The van der Waals surface area contributed by atoms with E-state index in [4.69, 9.17) is 0 Å². The molecule has 0 aromatic carbocycles. The van der Waals surface area contributed by atoms with Crippen LogP contribution in [0.2, 0.25) is 0 Å². The second-order valence-corrected chi connectivity index (χ2v) is 7.40. The van der Waals surface area contributed by atoms with Crippen LogP contribution < -0.4 is 5.32 Å². The van der Waals surface area contributed by atoms with Crippen LogP contribution in [0.5, 0.6) is 0 Å². The van der Waals surface area contributed by atoms with E-state index in [0.717, 1.165) is 19.3 Å². The van der Waals surface area contributed by atoms with E-state index < -0.39 is 10.0 Å². The van der Waals surface area contributed by atoms with Crippen molar-refractivity contribution in [1.29, 1.82) is 0 Å². The quantitative estimate of drug-likeness (QED) is 0.812. The molecule has 4 nitrogen and oxygen atoms in total. The van der Waals surface area contributed by atoms with E-state index in [1.165, 1.54) is 6.26 Å². The first-order valence-electron chi connectivity index (χ1n) is 6.47. The number of hydrogen-bond donors (Lipinski definition) is 1. The maximum Gasteiger partial charge on any atom is 0.211 e. The number of rotatable bonds is 5. The molecule has 3 unspecified atom stereocenters. The molecule has 1 rings (SSSR count). The third-order valence-corrected chi connectivity index (χ3v) is 5.23. The van der Waals surface area contributed by atoms with E-state index in [9.17, 15) is 8.42 Å². The average Bonchev–Trinajstić information content (AvgIpc) is 2.27. The van der Waals surface area contributed by atoms with Crippen molar-refractivity contribution >= 4 is 10.0 Å². The molecule has 0 spiro atoms. The van der Waals surface area contributed by atoms with Crippen LogP contribution in [0.4, 0.5) is 0 Å². The first-order valence-corrected chi connectivity index (χ1v) is 8.31. The topological polar surface area (TPSA) is 49.4 Å². The smallest absolute Gasteiger partial charge is 0.211 e. The lowest BCUT2D eigenvalue weighted by atomic mass is 9.87. The lowest BCUT2D eigenvalue weighted by Gasteiger charge is -2.33. The van der Waals surface area contributed by atoms with Crippen molar-refractivity contribution in [2.24, 2.45) is 11.8 Å². The Morgan fingerprint density at radius 2 is 2.06 bits per heavy atom. The van der Waals surface area contributed by atoms with Gasteiger partial charge < -0.3 is 5.32 Å². The molecule has 102 valence electrons. The van der Waals surface area contributed by atoms with E-state index in [1.54, 1.807) is 4.31 Å². The highest BCUT2D eigenvalue weighted by atomic mass is 32.2. The summed E-state index contributed by atoms with van der Waals surface area (Å²) in [5, 5.41) is 3.26. The van der Waals surface area contributed by atoms with Gasteiger partial charge in [0.15, 0.2) is 0 Å². The average molecular weight is 262 g/mol. The van der Waals surface area contributed by atoms with Crippen LogP contribution in [0.25, 0.3) is 0 Å². The lowest BCUT2D eigenvalue weighted by Crippen LogP contribution is -2.40. The number of nitrogens with zero attached hydrogens (tertiary/aromatic N) is 1. The normalized spacial score (nSPS) is 26.7. The lowest BCUT2D eigenvalue weighted by molar-refractivity contribution is 0.221. The molecular formula is C12H26N2O2S. The predicted molar refractivity (Wildman–Crippen MR) is 71.4 cm³/mol. The second kappa shape index (κ2) is 6.16. The molecule has 1 saturated heterocycles. The first-order chi connectivity index (χ1) is 7.84. The van der Waals surface area contributed by atoms with Crippen LogP contribution in [0.15, 0.2) is 0 Å². The summed E-state index contributed by atoms with van der Waals surface area (Å²) in [6.45, 7) is 5.83. The van der Waals surface area contributed by atoms with Gasteiger partial charge in [-0.25, -0.2) is 12.7 Å². The van der Waals surface area contributed by atoms with Crippen LogP contribution in [0, 0.1) is 11.8 Å². The van der Waals surface area contributed by atoms with Gasteiger partial charge in [-0.15, -0.1) is 0 Å². The summed E-state index contributed by atoms with van der Waals surface area (Å²) in [6.07, 6.45) is 4.58. The Morgan fingerprint density at radius 3 is 2.59 bits per heavy atom. The van der Waals surface area contributed by atoms with Gasteiger partial charge in [-0.2, -0.15) is 0 Å². The Balaban J connectivity index is 2.50. The monoisotopic (exact) mass is 262 g/mol. The van der Waals surface area contributed by atoms with Gasteiger partial charge in [0.2, 0.25) is 10.0 Å². The van der Waals surface area contributed by atoms with Gasteiger partial charge in [-0.3, -0.25) is 0 Å². The van der Waals surface area contributed by atoms with Crippen LogP contribution >= 0.6 is 0 Å². The van der Waals surface area contributed by atoms with Crippen molar-refractivity contribution < 1.29 is 8.42 Å². The first kappa shape index (κ1) is 14.9. The molecule has 0 aromatic rings. The number of nitrogens with one attached hydrogen (secondary N) is 1. The van der Waals surface area contributed by atoms with Crippen LogP contribution in [0.3, 0.4) is 0 Å². The summed E-state index contributed by atoms with van der Waals surface area (Å²) in [4.78, 5) is 0. The summed E-state index contributed by atoms with van der Waals surface area (Å²) in [7, 11) is -1.03. The molecule has 0 saturated carbocycles. The molecule has 0 aliphatic carbocycles. The Labute approximate surface area is 106 Å². The molecule has 0 radical (unpaired) electrons. The van der Waals surface area contributed by atoms with E-state index >= 15 is 0 Å². The van der Waals surface area contributed by atoms with Gasteiger partial charge >= 0.3 is 0 Å². The van der Waals surface area contributed by atoms with E-state index in [-0.39, 0.29) is 0 Å². The SMILES string of the molecule is CNC(C)C(C)CC1CCCN(S(C)(=O)=O)C1. The van der Waals surface area contributed by atoms with Crippen molar-refractivity contribution in [3.63, 3.8) is 0 Å². The maximum absolute atomic E-state index is 11.5. The van der Waals surface area contributed by atoms with Gasteiger partial charge in [-0.05, 0) is 45.1 Å². The molecule has 0 amide bonds. The van der Waals surface area contributed by atoms with Crippen LogP contribution in [-0.2, 0) is 10.0 Å². The minimum Gasteiger partial charge on any atom is -0.317 e. The molecule has 1 heterocycles. The van der Waals surface area contributed by atoms with Gasteiger partial charge in [0.05, 0.1) is 6.26 Å². The zero-order chi connectivity index (χ0) is 13.1. The summed E-state index contributed by atoms with van der Waals surface area (Å²) in [6, 6.07) is 0.489. The summed E-state index contributed by atoms with van der Waals surface area (Å²) in [5.74, 6) is 1.11. The van der Waals surface area contributed by atoms with Crippen molar-refractivity contribution in [2.45, 2.75) is 39.2 Å². The molecule has 3 atom stereocenters. The fourth-order valence-corrected chi connectivity index (χ4v) is 3.48. The van der Waals surface area contributed by atoms with E-state index in [2.05, 4.69) is 19.2 Å². The second-order valence-electron chi connectivity index (χ2n) is 5.42. The van der Waals surface area contributed by atoms with Crippen LogP contribution in [0.1, 0.15) is 33.1 Å². The highest BCUT2D eigenvalue weighted by Crippen LogP contribution is 2.25. The summed E-state index contributed by atoms with van der Waals surface area (Å²) < 4.78 is 24.7. The molecule has 5 heteroatoms. The van der Waals surface area contributed by atoms with Crippen molar-refractivity contribution in [3.05, 3.63) is 0 Å². The van der Waals surface area contributed by atoms with Crippen LogP contribution in [-0.4, -0.2) is 45.2 Å². The zero-order valence-electron chi connectivity index (χ0n) is 11.4. The minimum absolute atomic E-state index is 0.489. The van der Waals surface area contributed by atoms with Gasteiger partial charge in [-0.1, -0.05) is 6.92 Å². The predicted octanol–water partition coefficient (Wildman–Crippen LogP) is 1.29. The van der Waals surface area contributed by atoms with Gasteiger partial charge in [0, 0.05) is 19.1 Å². The highest BCUT2D eigenvalue weighted by Gasteiger charge is 2.27. The molecule has 1 N–H and O–H groups in total. The molecular weight excluding hydrogens is 236 g/mol. The van der Waals surface area contributed by atoms with Gasteiger partial charge in [0.25, 0.3) is 0 Å². The van der Waals surface area contributed by atoms with Crippen molar-refractivity contribution in [1.82, 2.24) is 9.62 Å². The third-order valence-electron chi connectivity index (χ3n) is 3.96. The summed E-state index contributed by atoms with van der Waals surface area (Å²) >= 11 is 0.